The van der Waals surface area contributed by atoms with Gasteiger partial charge in [-0.1, -0.05) is 12.1 Å². The van der Waals surface area contributed by atoms with Gasteiger partial charge in [0.1, 0.15) is 9.79 Å². The third-order valence-electron chi connectivity index (χ3n) is 4.06. The second-order valence-corrected chi connectivity index (χ2v) is 14.6. The van der Waals surface area contributed by atoms with Crippen LogP contribution in [0.1, 0.15) is 0 Å². The Morgan fingerprint density at radius 3 is 0.900 bits per heavy atom. The van der Waals surface area contributed by atoms with E-state index in [0.717, 1.165) is 49.3 Å². The summed E-state index contributed by atoms with van der Waals surface area (Å²) in [6.07, 6.45) is 2.96. The van der Waals surface area contributed by atoms with Gasteiger partial charge < -0.3 is 11.5 Å². The van der Waals surface area contributed by atoms with Crippen LogP contribution in [0.5, 0.6) is 0 Å². The fourth-order valence-corrected chi connectivity index (χ4v) is 8.85. The highest BCUT2D eigenvalue weighted by Gasteiger charge is 2.33. The maximum Gasteiger partial charge on any atom is 0.178 e. The first-order valence-electron chi connectivity index (χ1n) is 7.93. The van der Waals surface area contributed by atoms with Gasteiger partial charge in [-0.15, -0.1) is 0 Å². The van der Waals surface area contributed by atoms with Gasteiger partial charge >= 0.3 is 0 Å². The van der Waals surface area contributed by atoms with E-state index in [-0.39, 0.29) is 22.5 Å². The van der Waals surface area contributed by atoms with Crippen LogP contribution in [0.15, 0.2) is 43.8 Å². The number of hydrogen-bond donors (Lipinski definition) is 2. The molecule has 10 nitrogen and oxygen atoms in total. The Morgan fingerprint density at radius 1 is 0.467 bits per heavy atom. The van der Waals surface area contributed by atoms with Crippen molar-refractivity contribution in [3.63, 3.8) is 0 Å². The molecule has 0 heterocycles. The van der Waals surface area contributed by atoms with Crippen molar-refractivity contribution in [2.75, 3.05) is 36.5 Å². The van der Waals surface area contributed by atoms with Crippen molar-refractivity contribution >= 4 is 50.7 Å². The van der Waals surface area contributed by atoms with Crippen molar-refractivity contribution in [3.8, 4) is 11.1 Å². The largest absolute Gasteiger partial charge is 0.398 e. The molecule has 0 radical (unpaired) electrons. The molecule has 0 spiro atoms. The molecule has 0 amide bonds. The number of nitrogen functional groups attached to an aromatic ring is 2. The second-order valence-electron chi connectivity index (χ2n) is 6.81. The van der Waals surface area contributed by atoms with Gasteiger partial charge in [0.15, 0.2) is 39.3 Å². The summed E-state index contributed by atoms with van der Waals surface area (Å²) in [5.74, 6) is 0. The Hall–Kier alpha value is -2.16. The lowest BCUT2D eigenvalue weighted by atomic mass is 10.0. The topological polar surface area (TPSA) is 189 Å². The van der Waals surface area contributed by atoms with Gasteiger partial charge in [-0.25, -0.2) is 33.7 Å². The van der Waals surface area contributed by atoms with E-state index in [4.69, 9.17) is 11.5 Å². The van der Waals surface area contributed by atoms with Crippen LogP contribution in [-0.4, -0.2) is 58.7 Å². The fourth-order valence-electron chi connectivity index (χ4n) is 3.08. The standard InChI is InChI=1S/C16H20N2O8S4/c1-27(19,20)13-9(5-7-11(17)15(13)29(3,23)24)10-6-8-12(18)16(30(4,25)26)14(10)28(2,21)22/h5-8H,17-18H2,1-4H3. The van der Waals surface area contributed by atoms with Gasteiger partial charge in [0.05, 0.1) is 21.2 Å². The Balaban J connectivity index is 3.32. The van der Waals surface area contributed by atoms with Gasteiger partial charge in [-0.3, -0.25) is 0 Å². The Bertz CT molecular complexity index is 1370. The van der Waals surface area contributed by atoms with E-state index in [1.807, 2.05) is 0 Å². The van der Waals surface area contributed by atoms with E-state index in [9.17, 15) is 33.7 Å². The van der Waals surface area contributed by atoms with E-state index < -0.39 is 58.9 Å². The van der Waals surface area contributed by atoms with Gasteiger partial charge in [0.2, 0.25) is 0 Å². The van der Waals surface area contributed by atoms with Crippen LogP contribution in [0, 0.1) is 0 Å². The molecule has 0 fully saturated rings. The minimum absolute atomic E-state index is 0.336. The summed E-state index contributed by atoms with van der Waals surface area (Å²) in [4.78, 5) is -2.89. The van der Waals surface area contributed by atoms with Crippen molar-refractivity contribution < 1.29 is 33.7 Å². The molecule has 0 aliphatic carbocycles. The molecule has 0 aliphatic rings. The smallest absolute Gasteiger partial charge is 0.178 e. The first-order valence-corrected chi connectivity index (χ1v) is 15.5. The van der Waals surface area contributed by atoms with E-state index in [2.05, 4.69) is 0 Å². The number of sulfone groups is 4. The number of anilines is 2. The lowest BCUT2D eigenvalue weighted by molar-refractivity contribution is 0.588. The summed E-state index contributed by atoms with van der Waals surface area (Å²) in [5, 5.41) is 0. The zero-order chi connectivity index (χ0) is 23.4. The molecular weight excluding hydrogens is 476 g/mol. The molecule has 0 atom stereocenters. The highest BCUT2D eigenvalue weighted by atomic mass is 32.2. The summed E-state index contributed by atoms with van der Waals surface area (Å²) in [5.41, 5.74) is 10.0. The van der Waals surface area contributed by atoms with Gasteiger partial charge in [-0.2, -0.15) is 0 Å². The lowest BCUT2D eigenvalue weighted by Crippen LogP contribution is -2.15. The SMILES string of the molecule is CS(=O)(=O)c1c(N)ccc(-c2ccc(N)c(S(C)(=O)=O)c2S(C)(=O)=O)c1S(C)(=O)=O. The predicted molar refractivity (Wildman–Crippen MR) is 113 cm³/mol. The molecular formula is C16H20N2O8S4. The normalized spacial score (nSPS) is 13.3. The van der Waals surface area contributed by atoms with Crippen LogP contribution >= 0.6 is 0 Å². The van der Waals surface area contributed by atoms with Crippen LogP contribution in [0.2, 0.25) is 0 Å². The molecule has 14 heteroatoms. The molecule has 166 valence electrons. The lowest BCUT2D eigenvalue weighted by Gasteiger charge is -2.19. The molecule has 4 N–H and O–H groups in total. The third-order valence-corrected chi connectivity index (χ3v) is 9.01. The van der Waals surface area contributed by atoms with Crippen LogP contribution in [0.25, 0.3) is 11.1 Å². The third kappa shape index (κ3) is 4.45. The Kier molecular flexibility index (Phi) is 5.80. The minimum atomic E-state index is -4.27. The van der Waals surface area contributed by atoms with E-state index in [1.165, 1.54) is 0 Å². The number of hydrogen-bond acceptors (Lipinski definition) is 10. The van der Waals surface area contributed by atoms with Gasteiger partial charge in [-0.05, 0) is 12.1 Å². The van der Waals surface area contributed by atoms with Crippen LogP contribution in [0.3, 0.4) is 0 Å². The average Bonchev–Trinajstić information content (AvgIpc) is 2.50. The van der Waals surface area contributed by atoms with Crippen molar-refractivity contribution in [2.45, 2.75) is 19.6 Å². The van der Waals surface area contributed by atoms with Crippen LogP contribution in [-0.2, 0) is 39.3 Å². The van der Waals surface area contributed by atoms with Gasteiger partial charge in [0.25, 0.3) is 0 Å². The van der Waals surface area contributed by atoms with E-state index >= 15 is 0 Å². The maximum absolute atomic E-state index is 12.5. The molecule has 0 bridgehead atoms. The summed E-state index contributed by atoms with van der Waals surface area (Å²) < 4.78 is 99.3. The number of benzene rings is 2. The molecule has 2 rings (SSSR count). The molecule has 0 saturated heterocycles. The highest BCUT2D eigenvalue weighted by molar-refractivity contribution is 7.94. The first-order chi connectivity index (χ1) is 13.3. The highest BCUT2D eigenvalue weighted by Crippen LogP contribution is 2.42. The monoisotopic (exact) mass is 496 g/mol. The van der Waals surface area contributed by atoms with E-state index in [1.54, 1.807) is 0 Å². The van der Waals surface area contributed by atoms with E-state index in [0.29, 0.717) is 0 Å². The molecule has 2 aromatic carbocycles. The number of rotatable bonds is 5. The summed E-state index contributed by atoms with van der Waals surface area (Å²) >= 11 is 0. The van der Waals surface area contributed by atoms with Crippen molar-refractivity contribution in [1.82, 2.24) is 0 Å². The molecule has 0 aliphatic heterocycles. The minimum Gasteiger partial charge on any atom is -0.398 e. The Labute approximate surface area is 175 Å². The van der Waals surface area contributed by atoms with Crippen molar-refractivity contribution in [1.29, 1.82) is 0 Å². The zero-order valence-electron chi connectivity index (χ0n) is 16.4. The maximum atomic E-state index is 12.5. The molecule has 0 saturated carbocycles. The van der Waals surface area contributed by atoms with Crippen LogP contribution in [0.4, 0.5) is 11.4 Å². The summed E-state index contributed by atoms with van der Waals surface area (Å²) in [6.45, 7) is 0. The fraction of sp³-hybridized carbons (Fsp3) is 0.250. The molecule has 2 aromatic rings. The summed E-state index contributed by atoms with van der Waals surface area (Å²) in [6, 6.07) is 4.44. The molecule has 0 aromatic heterocycles. The van der Waals surface area contributed by atoms with Crippen molar-refractivity contribution in [3.05, 3.63) is 24.3 Å². The molecule has 0 unspecified atom stereocenters. The second kappa shape index (κ2) is 7.21. The first kappa shape index (κ1) is 24.1. The molecule has 30 heavy (non-hydrogen) atoms. The van der Waals surface area contributed by atoms with Crippen molar-refractivity contribution in [2.24, 2.45) is 0 Å². The Morgan fingerprint density at radius 2 is 0.700 bits per heavy atom. The predicted octanol–water partition coefficient (Wildman–Crippen LogP) is 0.132. The zero-order valence-corrected chi connectivity index (χ0v) is 19.6. The summed E-state index contributed by atoms with van der Waals surface area (Å²) in [7, 11) is -16.9. The quantitative estimate of drug-likeness (QED) is 0.538. The number of nitrogens with two attached hydrogens (primary N) is 2. The van der Waals surface area contributed by atoms with Gasteiger partial charge in [0, 0.05) is 36.1 Å². The van der Waals surface area contributed by atoms with Crippen LogP contribution < -0.4 is 11.5 Å². The average molecular weight is 497 g/mol.